The molecule has 0 N–H and O–H groups in total. The molecule has 2 aromatic rings. The molecule has 0 unspecified atom stereocenters. The topological polar surface area (TPSA) is 62.7 Å². The fourth-order valence-corrected chi connectivity index (χ4v) is 3.02. The zero-order valence-electron chi connectivity index (χ0n) is 12.3. The van der Waals surface area contributed by atoms with Crippen LogP contribution in [0.5, 0.6) is 0 Å². The molecule has 21 heavy (non-hydrogen) atoms. The smallest absolute Gasteiger partial charge is 0.258 e. The van der Waals surface area contributed by atoms with Gasteiger partial charge < -0.3 is 4.52 Å². The van der Waals surface area contributed by atoms with Crippen LogP contribution in [0.3, 0.4) is 0 Å². The minimum Gasteiger partial charge on any atom is -0.334 e. The molecule has 1 aromatic carbocycles. The molecule has 0 bridgehead atoms. The van der Waals surface area contributed by atoms with E-state index < -0.39 is 0 Å². The van der Waals surface area contributed by atoms with Gasteiger partial charge in [-0.3, -0.25) is 0 Å². The summed E-state index contributed by atoms with van der Waals surface area (Å²) in [6.45, 7) is 1.96. The summed E-state index contributed by atoms with van der Waals surface area (Å²) in [5, 5.41) is 13.1. The van der Waals surface area contributed by atoms with Gasteiger partial charge in [-0.1, -0.05) is 30.8 Å². The Morgan fingerprint density at radius 2 is 1.95 bits per heavy atom. The Morgan fingerprint density at radius 3 is 2.62 bits per heavy atom. The van der Waals surface area contributed by atoms with E-state index in [4.69, 9.17) is 9.78 Å². The Labute approximate surface area is 124 Å². The van der Waals surface area contributed by atoms with Crippen LogP contribution in [0, 0.1) is 18.3 Å². The first kappa shape index (κ1) is 13.8. The first-order valence-corrected chi connectivity index (χ1v) is 7.62. The highest BCUT2D eigenvalue weighted by Gasteiger charge is 2.21. The predicted octanol–water partition coefficient (Wildman–Crippen LogP) is 4.35. The number of nitriles is 1. The van der Waals surface area contributed by atoms with E-state index in [0.717, 1.165) is 29.8 Å². The van der Waals surface area contributed by atoms with Gasteiger partial charge in [0, 0.05) is 11.5 Å². The molecule has 1 saturated carbocycles. The third-order valence-electron chi connectivity index (χ3n) is 4.25. The Balaban J connectivity index is 1.86. The number of rotatable bonds is 2. The highest BCUT2D eigenvalue weighted by Crippen LogP contribution is 2.31. The van der Waals surface area contributed by atoms with Gasteiger partial charge in [-0.05, 0) is 43.5 Å². The lowest BCUT2D eigenvalue weighted by Gasteiger charge is -2.07. The maximum absolute atomic E-state index is 8.92. The minimum absolute atomic E-state index is 0.434. The van der Waals surface area contributed by atoms with E-state index in [2.05, 4.69) is 16.2 Å². The van der Waals surface area contributed by atoms with Gasteiger partial charge in [0.25, 0.3) is 5.89 Å². The first-order chi connectivity index (χ1) is 10.3. The lowest BCUT2D eigenvalue weighted by Crippen LogP contribution is -1.99. The standard InChI is InChI=1S/C17H19N3O/c1-12-10-13(11-18)8-9-15(12)17-19-16(20-21-17)14-6-4-2-3-5-7-14/h8-10,14H,2-7H2,1H3. The van der Waals surface area contributed by atoms with Crippen molar-refractivity contribution in [3.63, 3.8) is 0 Å². The zero-order valence-corrected chi connectivity index (χ0v) is 12.3. The van der Waals surface area contributed by atoms with Crippen molar-refractivity contribution in [3.05, 3.63) is 35.2 Å². The van der Waals surface area contributed by atoms with Gasteiger partial charge in [0.05, 0.1) is 11.6 Å². The Hall–Kier alpha value is -2.15. The fraction of sp³-hybridized carbons (Fsp3) is 0.471. The minimum atomic E-state index is 0.434. The van der Waals surface area contributed by atoms with Crippen LogP contribution >= 0.6 is 0 Å². The van der Waals surface area contributed by atoms with Crippen LogP contribution in [0.1, 0.15) is 61.4 Å². The number of aryl methyl sites for hydroxylation is 1. The van der Waals surface area contributed by atoms with Crippen molar-refractivity contribution in [3.8, 4) is 17.5 Å². The summed E-state index contributed by atoms with van der Waals surface area (Å²) in [6.07, 6.45) is 7.46. The van der Waals surface area contributed by atoms with Gasteiger partial charge in [-0.15, -0.1) is 0 Å². The molecule has 1 heterocycles. The molecule has 0 saturated heterocycles. The van der Waals surface area contributed by atoms with Crippen molar-refractivity contribution >= 4 is 0 Å². The van der Waals surface area contributed by atoms with E-state index in [1.54, 1.807) is 6.07 Å². The lowest BCUT2D eigenvalue weighted by molar-refractivity contribution is 0.409. The zero-order chi connectivity index (χ0) is 14.7. The van der Waals surface area contributed by atoms with Crippen LogP contribution in [0.15, 0.2) is 22.7 Å². The van der Waals surface area contributed by atoms with Gasteiger partial charge in [-0.25, -0.2) is 0 Å². The third kappa shape index (κ3) is 2.97. The Morgan fingerprint density at radius 1 is 1.19 bits per heavy atom. The van der Waals surface area contributed by atoms with Gasteiger partial charge >= 0.3 is 0 Å². The average molecular weight is 281 g/mol. The van der Waals surface area contributed by atoms with Crippen molar-refractivity contribution < 1.29 is 4.52 Å². The summed E-state index contributed by atoms with van der Waals surface area (Å²) in [7, 11) is 0. The monoisotopic (exact) mass is 281 g/mol. The van der Waals surface area contributed by atoms with Crippen molar-refractivity contribution in [1.29, 1.82) is 5.26 Å². The lowest BCUT2D eigenvalue weighted by atomic mass is 10.00. The summed E-state index contributed by atoms with van der Waals surface area (Å²) in [5.74, 6) is 1.84. The largest absolute Gasteiger partial charge is 0.334 e. The molecule has 4 heteroatoms. The summed E-state index contributed by atoms with van der Waals surface area (Å²) in [4.78, 5) is 4.60. The average Bonchev–Trinajstić information content (AvgIpc) is 2.82. The number of nitrogens with zero attached hydrogens (tertiary/aromatic N) is 3. The maximum Gasteiger partial charge on any atom is 0.258 e. The molecular weight excluding hydrogens is 262 g/mol. The number of benzene rings is 1. The van der Waals surface area contributed by atoms with Gasteiger partial charge in [0.1, 0.15) is 0 Å². The van der Waals surface area contributed by atoms with Crippen LogP contribution in [-0.4, -0.2) is 10.1 Å². The second-order valence-corrected chi connectivity index (χ2v) is 5.79. The molecule has 0 atom stereocenters. The van der Waals surface area contributed by atoms with Crippen LogP contribution in [0.2, 0.25) is 0 Å². The van der Waals surface area contributed by atoms with E-state index in [0.29, 0.717) is 17.4 Å². The van der Waals surface area contributed by atoms with Gasteiger partial charge in [0.15, 0.2) is 5.82 Å². The van der Waals surface area contributed by atoms with Crippen LogP contribution < -0.4 is 0 Å². The number of hydrogen-bond acceptors (Lipinski definition) is 4. The van der Waals surface area contributed by atoms with Gasteiger partial charge in [-0.2, -0.15) is 10.2 Å². The summed E-state index contributed by atoms with van der Waals surface area (Å²) >= 11 is 0. The van der Waals surface area contributed by atoms with Crippen molar-refractivity contribution in [2.75, 3.05) is 0 Å². The quantitative estimate of drug-likeness (QED) is 0.767. The van der Waals surface area contributed by atoms with Crippen LogP contribution in [0.4, 0.5) is 0 Å². The summed E-state index contributed by atoms with van der Waals surface area (Å²) in [6, 6.07) is 7.67. The van der Waals surface area contributed by atoms with Gasteiger partial charge in [0.2, 0.25) is 0 Å². The van der Waals surface area contributed by atoms with Crippen molar-refractivity contribution in [2.24, 2.45) is 0 Å². The fourth-order valence-electron chi connectivity index (χ4n) is 3.02. The summed E-state index contributed by atoms with van der Waals surface area (Å²) < 4.78 is 5.46. The molecule has 1 aromatic heterocycles. The Kier molecular flexibility index (Phi) is 4.01. The predicted molar refractivity (Wildman–Crippen MR) is 79.6 cm³/mol. The molecule has 0 radical (unpaired) electrons. The maximum atomic E-state index is 8.92. The number of aromatic nitrogens is 2. The molecule has 1 aliphatic rings. The SMILES string of the molecule is Cc1cc(C#N)ccc1-c1nc(C2CCCCCC2)no1. The Bertz CT molecular complexity index is 661. The van der Waals surface area contributed by atoms with E-state index >= 15 is 0 Å². The van der Waals surface area contributed by atoms with Crippen molar-refractivity contribution in [1.82, 2.24) is 10.1 Å². The normalized spacial score (nSPS) is 16.4. The molecule has 108 valence electrons. The molecule has 0 aliphatic heterocycles. The third-order valence-corrected chi connectivity index (χ3v) is 4.25. The second-order valence-electron chi connectivity index (χ2n) is 5.79. The van der Waals surface area contributed by atoms with Crippen LogP contribution in [0.25, 0.3) is 11.5 Å². The molecule has 1 fully saturated rings. The molecule has 3 rings (SSSR count). The van der Waals surface area contributed by atoms with E-state index in [1.807, 2.05) is 19.1 Å². The highest BCUT2D eigenvalue weighted by molar-refractivity contribution is 5.60. The highest BCUT2D eigenvalue weighted by atomic mass is 16.5. The number of hydrogen-bond donors (Lipinski definition) is 0. The molecular formula is C17H19N3O. The van der Waals surface area contributed by atoms with Crippen LogP contribution in [-0.2, 0) is 0 Å². The second kappa shape index (κ2) is 6.09. The first-order valence-electron chi connectivity index (χ1n) is 7.62. The van der Waals surface area contributed by atoms with E-state index in [9.17, 15) is 0 Å². The summed E-state index contributed by atoms with van der Waals surface area (Å²) in [5.41, 5.74) is 2.56. The molecule has 1 aliphatic carbocycles. The van der Waals surface area contributed by atoms with Crippen molar-refractivity contribution in [2.45, 2.75) is 51.4 Å². The van der Waals surface area contributed by atoms with E-state index in [-0.39, 0.29) is 0 Å². The molecule has 4 nitrogen and oxygen atoms in total. The molecule has 0 spiro atoms. The van der Waals surface area contributed by atoms with E-state index in [1.165, 1.54) is 25.7 Å². The molecule has 0 amide bonds.